The molecule has 2 aliphatic heterocycles. The maximum atomic E-state index is 14.1. The van der Waals surface area contributed by atoms with E-state index in [0.717, 1.165) is 29.8 Å². The number of aliphatic imine (C=N–C) groups is 1. The Morgan fingerprint density at radius 2 is 2.14 bits per heavy atom. The second kappa shape index (κ2) is 9.74. The summed E-state index contributed by atoms with van der Waals surface area (Å²) in [6.07, 6.45) is -1.32. The zero-order valence-corrected chi connectivity index (χ0v) is 17.4. The topological polar surface area (TPSA) is 106 Å². The Balaban J connectivity index is 1.61. The quantitative estimate of drug-likeness (QED) is 0.294. The fourth-order valence-electron chi connectivity index (χ4n) is 2.49. The normalized spacial score (nSPS) is 22.6. The Labute approximate surface area is 178 Å². The predicted octanol–water partition coefficient (Wildman–Crippen LogP) is 2.42. The minimum atomic E-state index is -0.682. The molecular weight excluding hydrogens is 449 g/mol. The lowest BCUT2D eigenvalue weighted by Crippen LogP contribution is -2.33. The Morgan fingerprint density at radius 1 is 1.41 bits per heavy atom. The van der Waals surface area contributed by atoms with Gasteiger partial charge in [0.1, 0.15) is 17.3 Å². The number of rotatable bonds is 6. The predicted molar refractivity (Wildman–Crippen MR) is 105 cm³/mol. The molecule has 0 bridgehead atoms. The highest BCUT2D eigenvalue weighted by atomic mass is 35.5. The SMILES string of the molecule is CC(=O)OC1COCC1OC(=O)CSc1cc(N=C2CS[N+](=O)N2)c(F)cc1Cl. The molecule has 2 atom stereocenters. The Morgan fingerprint density at radius 3 is 2.79 bits per heavy atom. The molecule has 2 unspecified atom stereocenters. The molecular formula is C16H16ClFN3O6S2+. The number of nitroso groups, excluding NO2 is 1. The molecule has 1 N–H and O–H groups in total. The second-order valence-corrected chi connectivity index (χ2v) is 8.24. The number of hydrogen-bond donors (Lipinski definition) is 1. The lowest BCUT2D eigenvalue weighted by atomic mass is 10.2. The summed E-state index contributed by atoms with van der Waals surface area (Å²) in [7, 11) is 0. The van der Waals surface area contributed by atoms with Crippen LogP contribution >= 0.6 is 35.3 Å². The summed E-state index contributed by atoms with van der Waals surface area (Å²) in [4.78, 5) is 38.9. The van der Waals surface area contributed by atoms with Crippen molar-refractivity contribution in [1.29, 1.82) is 0 Å². The molecule has 0 radical (unpaired) electrons. The summed E-state index contributed by atoms with van der Waals surface area (Å²) in [5.74, 6) is -1.22. The van der Waals surface area contributed by atoms with Crippen molar-refractivity contribution in [2.24, 2.45) is 4.99 Å². The first-order valence-corrected chi connectivity index (χ1v) is 10.6. The second-order valence-electron chi connectivity index (χ2n) is 5.94. The van der Waals surface area contributed by atoms with Crippen LogP contribution in [0.4, 0.5) is 10.1 Å². The van der Waals surface area contributed by atoms with Crippen molar-refractivity contribution < 1.29 is 32.5 Å². The standard InChI is InChI=1S/C16H16ClFN3O6S2/c1-8(22)26-12-4-25-5-13(12)27-16(23)7-28-14-3-11(10(18)2-9(14)17)19-15-6-29-21(24)20-15/h2-3,12-13H,4-7H2,1H3,(H,19,20,24)/q+1. The Kier molecular flexibility index (Phi) is 7.33. The molecule has 0 spiro atoms. The minimum absolute atomic E-state index is 0.0113. The molecule has 9 nitrogen and oxygen atoms in total. The average molecular weight is 465 g/mol. The van der Waals surface area contributed by atoms with Crippen LogP contribution in [0.25, 0.3) is 0 Å². The third kappa shape index (κ3) is 6.04. The van der Waals surface area contributed by atoms with Crippen LogP contribution in [0.15, 0.2) is 22.0 Å². The van der Waals surface area contributed by atoms with E-state index in [1.807, 2.05) is 0 Å². The van der Waals surface area contributed by atoms with E-state index in [-0.39, 0.29) is 35.4 Å². The van der Waals surface area contributed by atoms with Crippen LogP contribution in [-0.2, 0) is 23.8 Å². The van der Waals surface area contributed by atoms with Crippen molar-refractivity contribution in [2.45, 2.75) is 24.0 Å². The third-order valence-electron chi connectivity index (χ3n) is 3.72. The molecule has 2 saturated heterocycles. The number of hydrazine groups is 1. The van der Waals surface area contributed by atoms with E-state index in [1.165, 1.54) is 13.0 Å². The van der Waals surface area contributed by atoms with Crippen molar-refractivity contribution in [3.05, 3.63) is 27.9 Å². The summed E-state index contributed by atoms with van der Waals surface area (Å²) in [5.41, 5.74) is 2.42. The van der Waals surface area contributed by atoms with Gasteiger partial charge in [-0.1, -0.05) is 17.0 Å². The smallest absolute Gasteiger partial charge is 0.316 e. The summed E-state index contributed by atoms with van der Waals surface area (Å²) in [6, 6.07) is 2.48. The van der Waals surface area contributed by atoms with Gasteiger partial charge in [0, 0.05) is 11.8 Å². The number of thioether (sulfide) groups is 1. The molecule has 2 heterocycles. The molecule has 29 heavy (non-hydrogen) atoms. The highest BCUT2D eigenvalue weighted by Gasteiger charge is 2.34. The van der Waals surface area contributed by atoms with Crippen molar-refractivity contribution in [3.8, 4) is 0 Å². The van der Waals surface area contributed by atoms with Gasteiger partial charge in [0.15, 0.2) is 22.3 Å². The van der Waals surface area contributed by atoms with Crippen LogP contribution < -0.4 is 5.43 Å². The summed E-state index contributed by atoms with van der Waals surface area (Å²) in [5, 5.41) is 0.116. The molecule has 1 aromatic rings. The Bertz CT molecular complexity index is 871. The lowest BCUT2D eigenvalue weighted by Gasteiger charge is -2.17. The van der Waals surface area contributed by atoms with Crippen LogP contribution in [0.3, 0.4) is 0 Å². The van der Waals surface area contributed by atoms with Crippen LogP contribution in [-0.4, -0.2) is 59.0 Å². The fraction of sp³-hybridized carbons (Fsp3) is 0.438. The minimum Gasteiger partial charge on any atom is -0.456 e. The molecule has 156 valence electrons. The van der Waals surface area contributed by atoms with Crippen LogP contribution in [0.2, 0.25) is 5.02 Å². The maximum Gasteiger partial charge on any atom is 0.316 e. The van der Waals surface area contributed by atoms with E-state index in [9.17, 15) is 18.9 Å². The zero-order chi connectivity index (χ0) is 21.0. The van der Waals surface area contributed by atoms with E-state index in [4.69, 9.17) is 25.8 Å². The van der Waals surface area contributed by atoms with Gasteiger partial charge >= 0.3 is 11.9 Å². The first-order valence-electron chi connectivity index (χ1n) is 8.32. The van der Waals surface area contributed by atoms with Crippen molar-refractivity contribution in [3.63, 3.8) is 0 Å². The molecule has 3 rings (SSSR count). The molecule has 13 heteroatoms. The highest BCUT2D eigenvalue weighted by Crippen LogP contribution is 2.34. The molecule has 0 aliphatic carbocycles. The van der Waals surface area contributed by atoms with Crippen molar-refractivity contribution in [2.75, 3.05) is 24.7 Å². The fourth-order valence-corrected chi connectivity index (χ4v) is 4.08. The summed E-state index contributed by atoms with van der Waals surface area (Å²) < 4.78 is 30.2. The van der Waals surface area contributed by atoms with Crippen LogP contribution in [0.1, 0.15) is 6.92 Å². The van der Waals surface area contributed by atoms with E-state index in [2.05, 4.69) is 10.4 Å². The Hall–Kier alpha value is -1.89. The maximum absolute atomic E-state index is 14.1. The first kappa shape index (κ1) is 21.8. The average Bonchev–Trinajstić information content (AvgIpc) is 3.24. The monoisotopic (exact) mass is 464 g/mol. The molecule has 1 aromatic carbocycles. The third-order valence-corrected chi connectivity index (χ3v) is 5.90. The summed E-state index contributed by atoms with van der Waals surface area (Å²) in [6.45, 7) is 1.55. The molecule has 0 saturated carbocycles. The number of esters is 2. The number of carbonyl (C=O) groups is 2. The lowest BCUT2D eigenvalue weighted by molar-refractivity contribution is -0.414. The number of nitrogens with zero attached hydrogens (tertiary/aromatic N) is 2. The number of benzene rings is 1. The van der Waals surface area contributed by atoms with Gasteiger partial charge in [0.2, 0.25) is 0 Å². The molecule has 2 aliphatic rings. The number of ether oxygens (including phenoxy) is 3. The number of nitrogens with one attached hydrogen (secondary N) is 1. The largest absolute Gasteiger partial charge is 0.456 e. The van der Waals surface area contributed by atoms with Gasteiger partial charge in [-0.3, -0.25) is 9.59 Å². The van der Waals surface area contributed by atoms with Gasteiger partial charge in [0.25, 0.3) is 11.9 Å². The molecule has 2 fully saturated rings. The van der Waals surface area contributed by atoms with Gasteiger partial charge in [-0.2, -0.15) is 0 Å². The molecule has 0 aromatic heterocycles. The van der Waals surface area contributed by atoms with Gasteiger partial charge in [-0.25, -0.2) is 9.38 Å². The van der Waals surface area contributed by atoms with E-state index >= 15 is 0 Å². The van der Waals surface area contributed by atoms with Gasteiger partial charge in [-0.05, 0) is 12.1 Å². The van der Waals surface area contributed by atoms with Gasteiger partial charge in [-0.15, -0.1) is 11.8 Å². The van der Waals surface area contributed by atoms with E-state index < -0.39 is 30.0 Å². The van der Waals surface area contributed by atoms with Gasteiger partial charge < -0.3 is 14.2 Å². The highest BCUT2D eigenvalue weighted by molar-refractivity contribution is 8.00. The number of amidine groups is 1. The number of hydrogen-bond acceptors (Lipinski definition) is 9. The van der Waals surface area contributed by atoms with Crippen LogP contribution in [0, 0.1) is 10.7 Å². The first-order chi connectivity index (χ1) is 13.8. The zero-order valence-electron chi connectivity index (χ0n) is 15.1. The molecule has 0 amide bonds. The van der Waals surface area contributed by atoms with Crippen molar-refractivity contribution >= 4 is 58.8 Å². The van der Waals surface area contributed by atoms with Crippen molar-refractivity contribution in [1.82, 2.24) is 5.43 Å². The van der Waals surface area contributed by atoms with E-state index in [1.54, 1.807) is 0 Å². The number of halogens is 2. The van der Waals surface area contributed by atoms with Crippen LogP contribution in [0.5, 0.6) is 0 Å². The number of carbonyl (C=O) groups excluding carboxylic acids is 2. The van der Waals surface area contributed by atoms with Gasteiger partial charge in [0.05, 0.1) is 28.9 Å². The van der Waals surface area contributed by atoms with E-state index in [0.29, 0.717) is 15.0 Å². The summed E-state index contributed by atoms with van der Waals surface area (Å²) >= 11 is 8.05.